The molecule has 31 heavy (non-hydrogen) atoms. The van der Waals surface area contributed by atoms with Crippen molar-refractivity contribution in [1.82, 2.24) is 9.47 Å². The lowest BCUT2D eigenvalue weighted by molar-refractivity contribution is -0.129. The number of carbonyl (C=O) groups is 1. The van der Waals surface area contributed by atoms with Gasteiger partial charge in [0.25, 0.3) is 0 Å². The van der Waals surface area contributed by atoms with Crippen molar-refractivity contribution in [1.29, 1.82) is 0 Å². The minimum Gasteiger partial charge on any atom is -0.372 e. The lowest BCUT2D eigenvalue weighted by Gasteiger charge is -2.46. The van der Waals surface area contributed by atoms with Crippen LogP contribution in [0.15, 0.2) is 60.8 Å². The minimum atomic E-state index is -0.303. The normalized spacial score (nSPS) is 16.5. The van der Waals surface area contributed by atoms with E-state index in [4.69, 9.17) is 0 Å². The van der Waals surface area contributed by atoms with Crippen LogP contribution in [0.1, 0.15) is 24.1 Å². The maximum Gasteiger partial charge on any atom is 0.232 e. The Morgan fingerprint density at radius 1 is 1.03 bits per heavy atom. The lowest BCUT2D eigenvalue weighted by atomic mass is 9.82. The molecular formula is C24H23F2N3OS. The number of amides is 1. The van der Waals surface area contributed by atoms with Gasteiger partial charge in [0.1, 0.15) is 11.6 Å². The summed E-state index contributed by atoms with van der Waals surface area (Å²) < 4.78 is 29.0. The molecule has 1 saturated heterocycles. The van der Waals surface area contributed by atoms with Crippen molar-refractivity contribution in [3.63, 3.8) is 0 Å². The Labute approximate surface area is 184 Å². The highest BCUT2D eigenvalue weighted by molar-refractivity contribution is 7.99. The zero-order valence-electron chi connectivity index (χ0n) is 17.0. The standard InChI is InChI=1S/C24H23F2N3OS/c25-18-5-3-17(4-6-18)15-31-16-23(30)28-12-9-24(10-13-28)22-2-1-11-29(22)21-8-7-19(26)14-20(21)27-24/h1-8,11,14,27H,9-10,12-13,15-16H2. The maximum absolute atomic E-state index is 13.9. The molecular weight excluding hydrogens is 416 g/mol. The van der Waals surface area contributed by atoms with Crippen LogP contribution in [0.3, 0.4) is 0 Å². The largest absolute Gasteiger partial charge is 0.372 e. The smallest absolute Gasteiger partial charge is 0.232 e. The number of hydrogen-bond acceptors (Lipinski definition) is 3. The van der Waals surface area contributed by atoms with Gasteiger partial charge in [-0.3, -0.25) is 4.79 Å². The summed E-state index contributed by atoms with van der Waals surface area (Å²) in [5.41, 5.74) is 3.60. The van der Waals surface area contributed by atoms with Crippen LogP contribution in [-0.2, 0) is 16.1 Å². The SMILES string of the molecule is O=C(CSCc1ccc(F)cc1)N1CCC2(CC1)Nc1cc(F)ccc1-n1cccc12. The lowest BCUT2D eigenvalue weighted by Crippen LogP contribution is -2.51. The van der Waals surface area contributed by atoms with Crippen LogP contribution < -0.4 is 5.32 Å². The Hall–Kier alpha value is -2.80. The van der Waals surface area contributed by atoms with Crippen molar-refractivity contribution in [3.8, 4) is 5.69 Å². The number of hydrogen-bond donors (Lipinski definition) is 1. The van der Waals surface area contributed by atoms with Crippen molar-refractivity contribution < 1.29 is 13.6 Å². The van der Waals surface area contributed by atoms with E-state index in [9.17, 15) is 13.6 Å². The first-order valence-corrected chi connectivity index (χ1v) is 11.6. The van der Waals surface area contributed by atoms with E-state index in [1.807, 2.05) is 17.2 Å². The number of piperidine rings is 1. The van der Waals surface area contributed by atoms with Gasteiger partial charge < -0.3 is 14.8 Å². The topological polar surface area (TPSA) is 37.3 Å². The molecule has 160 valence electrons. The molecule has 1 aromatic heterocycles. The average Bonchev–Trinajstić information content (AvgIpc) is 3.27. The molecule has 3 heterocycles. The second-order valence-corrected chi connectivity index (χ2v) is 9.12. The van der Waals surface area contributed by atoms with Gasteiger partial charge in [-0.2, -0.15) is 0 Å². The molecule has 0 atom stereocenters. The van der Waals surface area contributed by atoms with Gasteiger partial charge in [0.15, 0.2) is 0 Å². The summed E-state index contributed by atoms with van der Waals surface area (Å²) in [4.78, 5) is 14.6. The molecule has 0 bridgehead atoms. The Bertz CT molecular complexity index is 1100. The van der Waals surface area contributed by atoms with E-state index in [1.165, 1.54) is 18.2 Å². The number of likely N-dealkylation sites (tertiary alicyclic amines) is 1. The van der Waals surface area contributed by atoms with Gasteiger partial charge in [-0.1, -0.05) is 12.1 Å². The van der Waals surface area contributed by atoms with Crippen LogP contribution in [0.4, 0.5) is 14.5 Å². The third-order valence-electron chi connectivity index (χ3n) is 6.21. The van der Waals surface area contributed by atoms with E-state index in [2.05, 4.69) is 16.0 Å². The maximum atomic E-state index is 13.9. The number of halogens is 2. The van der Waals surface area contributed by atoms with Crippen LogP contribution in [0.25, 0.3) is 5.69 Å². The predicted molar refractivity (Wildman–Crippen MR) is 119 cm³/mol. The number of rotatable bonds is 4. The van der Waals surface area contributed by atoms with Crippen LogP contribution in [-0.4, -0.2) is 34.2 Å². The number of carbonyl (C=O) groups excluding carboxylic acids is 1. The van der Waals surface area contributed by atoms with Gasteiger partial charge in [0, 0.05) is 30.7 Å². The fourth-order valence-corrected chi connectivity index (χ4v) is 5.46. The number of benzene rings is 2. The minimum absolute atomic E-state index is 0.125. The second-order valence-electron chi connectivity index (χ2n) is 8.13. The van der Waals surface area contributed by atoms with Gasteiger partial charge in [-0.15, -0.1) is 11.8 Å². The van der Waals surface area contributed by atoms with E-state index in [0.29, 0.717) is 24.6 Å². The molecule has 1 fully saturated rings. The zero-order chi connectivity index (χ0) is 21.4. The molecule has 0 unspecified atom stereocenters. The third kappa shape index (κ3) is 3.82. The van der Waals surface area contributed by atoms with E-state index in [0.717, 1.165) is 35.5 Å². The van der Waals surface area contributed by atoms with Crippen LogP contribution in [0.5, 0.6) is 0 Å². The molecule has 4 nitrogen and oxygen atoms in total. The molecule has 3 aromatic rings. The van der Waals surface area contributed by atoms with Crippen molar-refractivity contribution in [2.45, 2.75) is 24.1 Å². The molecule has 2 aromatic carbocycles. The Morgan fingerprint density at radius 2 is 1.77 bits per heavy atom. The fraction of sp³-hybridized carbons (Fsp3) is 0.292. The Balaban J connectivity index is 1.23. The van der Waals surface area contributed by atoms with Gasteiger partial charge in [-0.05, 0) is 60.9 Å². The number of nitrogens with zero attached hydrogens (tertiary/aromatic N) is 2. The summed E-state index contributed by atoms with van der Waals surface area (Å²) in [5, 5.41) is 3.59. The van der Waals surface area contributed by atoms with Crippen LogP contribution >= 0.6 is 11.8 Å². The van der Waals surface area contributed by atoms with E-state index in [1.54, 1.807) is 36.0 Å². The van der Waals surface area contributed by atoms with Gasteiger partial charge >= 0.3 is 0 Å². The van der Waals surface area contributed by atoms with E-state index in [-0.39, 0.29) is 23.1 Å². The summed E-state index contributed by atoms with van der Waals surface area (Å²) in [6.45, 7) is 1.30. The first-order chi connectivity index (χ1) is 15.0. The molecule has 0 radical (unpaired) electrons. The highest BCUT2D eigenvalue weighted by Crippen LogP contribution is 2.43. The summed E-state index contributed by atoms with van der Waals surface area (Å²) in [7, 11) is 0. The summed E-state index contributed by atoms with van der Waals surface area (Å²) in [5.74, 6) is 0.700. The summed E-state index contributed by atoms with van der Waals surface area (Å²) in [6.07, 6.45) is 3.54. The van der Waals surface area contributed by atoms with Crippen LogP contribution in [0.2, 0.25) is 0 Å². The Morgan fingerprint density at radius 3 is 2.55 bits per heavy atom. The molecule has 1 spiro atoms. The summed E-state index contributed by atoms with van der Waals surface area (Å²) >= 11 is 1.55. The molecule has 1 amide bonds. The fourth-order valence-electron chi connectivity index (χ4n) is 4.57. The molecule has 2 aliphatic heterocycles. The number of thioether (sulfide) groups is 1. The highest BCUT2D eigenvalue weighted by Gasteiger charge is 2.42. The first-order valence-electron chi connectivity index (χ1n) is 10.4. The molecule has 0 aliphatic carbocycles. The second kappa shape index (κ2) is 8.04. The number of anilines is 1. The molecule has 5 rings (SSSR count). The third-order valence-corrected chi connectivity index (χ3v) is 7.20. The van der Waals surface area contributed by atoms with Crippen molar-refractivity contribution in [3.05, 3.63) is 83.7 Å². The molecule has 2 aliphatic rings. The van der Waals surface area contributed by atoms with Crippen molar-refractivity contribution in [2.75, 3.05) is 24.2 Å². The first kappa shape index (κ1) is 20.1. The monoisotopic (exact) mass is 439 g/mol. The van der Waals surface area contributed by atoms with E-state index >= 15 is 0 Å². The Kier molecular flexibility index (Phi) is 5.22. The van der Waals surface area contributed by atoms with Crippen molar-refractivity contribution in [2.24, 2.45) is 0 Å². The zero-order valence-corrected chi connectivity index (χ0v) is 17.8. The van der Waals surface area contributed by atoms with Crippen LogP contribution in [0, 0.1) is 11.6 Å². The molecule has 1 N–H and O–H groups in total. The number of nitrogens with one attached hydrogen (secondary N) is 1. The van der Waals surface area contributed by atoms with Gasteiger partial charge in [0.2, 0.25) is 5.91 Å². The van der Waals surface area contributed by atoms with E-state index < -0.39 is 0 Å². The number of aromatic nitrogens is 1. The quantitative estimate of drug-likeness (QED) is 0.626. The van der Waals surface area contributed by atoms with Gasteiger partial charge in [-0.25, -0.2) is 8.78 Å². The predicted octanol–water partition coefficient (Wildman–Crippen LogP) is 4.93. The molecule has 7 heteroatoms. The van der Waals surface area contributed by atoms with Crippen molar-refractivity contribution >= 4 is 23.4 Å². The summed E-state index contributed by atoms with van der Waals surface area (Å²) in [6, 6.07) is 15.3. The molecule has 0 saturated carbocycles. The highest BCUT2D eigenvalue weighted by atomic mass is 32.2. The number of fused-ring (bicyclic) bond motifs is 4. The average molecular weight is 440 g/mol. The van der Waals surface area contributed by atoms with Gasteiger partial charge in [0.05, 0.1) is 22.7 Å².